The zero-order chi connectivity index (χ0) is 32.1. The number of carbonyl (C=O) groups excluding carboxylic acids is 2. The number of amides is 2. The number of halogens is 1. The fourth-order valence-electron chi connectivity index (χ4n) is 7.24. The number of nitrogens with zero attached hydrogens (tertiary/aromatic N) is 2. The van der Waals surface area contributed by atoms with Crippen LogP contribution in [0.5, 0.6) is 5.75 Å². The Morgan fingerprint density at radius 2 is 1.96 bits per heavy atom. The summed E-state index contributed by atoms with van der Waals surface area (Å²) >= 11 is 0. The third-order valence-electron chi connectivity index (χ3n) is 9.21. The molecule has 3 aliphatic rings. The van der Waals surface area contributed by atoms with E-state index in [0.29, 0.717) is 49.8 Å². The largest absolute Gasteiger partial charge is 0.505 e. The molecule has 0 unspecified atom stereocenters. The molecule has 1 aromatic carbocycles. The van der Waals surface area contributed by atoms with Gasteiger partial charge in [-0.15, -0.1) is 0 Å². The summed E-state index contributed by atoms with van der Waals surface area (Å²) in [5.74, 6) is -3.73. The number of carboxylic acids is 1. The minimum atomic E-state index is -1.09. The molecule has 3 heterocycles. The summed E-state index contributed by atoms with van der Waals surface area (Å²) in [4.78, 5) is 44.0. The number of hydrogen-bond acceptors (Lipinski definition) is 7. The summed E-state index contributed by atoms with van der Waals surface area (Å²) in [7, 11) is -1.09. The number of allylic oxidation sites excluding steroid dienone is 2. The van der Waals surface area contributed by atoms with Crippen molar-refractivity contribution >= 4 is 36.6 Å². The molecule has 2 saturated heterocycles. The second-order valence-electron chi connectivity index (χ2n) is 12.2. The number of aromatic nitrogens is 1. The van der Waals surface area contributed by atoms with Crippen molar-refractivity contribution < 1.29 is 38.7 Å². The van der Waals surface area contributed by atoms with Gasteiger partial charge in [-0.1, -0.05) is 37.5 Å². The number of pyridine rings is 1. The van der Waals surface area contributed by atoms with E-state index in [1.807, 2.05) is 24.3 Å². The van der Waals surface area contributed by atoms with Gasteiger partial charge in [-0.2, -0.15) is 0 Å². The number of carboxylic acid groups (broad SMARTS) is 1. The first kappa shape index (κ1) is 32.6. The number of phenols is 1. The van der Waals surface area contributed by atoms with Crippen LogP contribution in [0.2, 0.25) is 6.32 Å². The van der Waals surface area contributed by atoms with Gasteiger partial charge in [0.25, 0.3) is 0 Å². The number of aromatic hydroxyl groups is 1. The summed E-state index contributed by atoms with van der Waals surface area (Å²) < 4.78 is 20.3. The second-order valence-corrected chi connectivity index (χ2v) is 12.2. The lowest BCUT2D eigenvalue weighted by Crippen LogP contribution is -2.46. The van der Waals surface area contributed by atoms with Crippen molar-refractivity contribution in [3.8, 4) is 5.75 Å². The van der Waals surface area contributed by atoms with Crippen LogP contribution in [0.15, 0.2) is 53.7 Å². The molecule has 0 spiro atoms. The molecule has 1 aromatic heterocycles. The van der Waals surface area contributed by atoms with Crippen molar-refractivity contribution in [2.75, 3.05) is 6.54 Å². The Labute approximate surface area is 263 Å². The number of unbranched alkanes of at least 4 members (excludes halogenated alkanes) is 2. The smallest absolute Gasteiger partial charge is 0.455 e. The van der Waals surface area contributed by atoms with Crippen molar-refractivity contribution in [2.45, 2.75) is 77.1 Å². The number of likely N-dealkylation sites (tertiary alicyclic amines) is 1. The standard InChI is InChI=1S/C34H40BFN2O7/c1-2-8-23-19-24-32(34(43)38(33(24)42)16-7-3-4-10-30(40)41)25-20-35(44)45-29(31(23)25)14-12-22(27-9-5-6-15-37-27)17-21-11-13-28(39)26(36)18-21/h5-6,9,11,13,15,17-18,24-25,29,32,39,44H,2-4,7-8,10,12,14,16,19-20H2,1H3,(H,40,41)/b22-17-/t24-,25+,29-,32-/m1/s1. The number of carbonyl (C=O) groups is 3. The minimum absolute atomic E-state index is 0.0607. The van der Waals surface area contributed by atoms with Crippen LogP contribution < -0.4 is 0 Å². The number of benzene rings is 1. The van der Waals surface area contributed by atoms with E-state index in [9.17, 15) is 28.9 Å². The molecular formula is C34H40BFN2O7. The number of hydrogen-bond donors (Lipinski definition) is 3. The third-order valence-corrected chi connectivity index (χ3v) is 9.21. The van der Waals surface area contributed by atoms with Gasteiger partial charge in [0, 0.05) is 19.2 Å². The zero-order valence-corrected chi connectivity index (χ0v) is 25.5. The molecule has 1 aliphatic carbocycles. The van der Waals surface area contributed by atoms with Crippen LogP contribution in [-0.2, 0) is 19.0 Å². The SMILES string of the molecule is CCCC1=C2[C@@H](CC/C(=C/c3ccc(O)c(F)c3)c3ccccn3)OB(O)C[C@@H]2[C@@H]2C(=O)N(CCCCCC(=O)O)C(=O)[C@@H]2C1. The van der Waals surface area contributed by atoms with E-state index in [1.165, 1.54) is 17.0 Å². The lowest BCUT2D eigenvalue weighted by Gasteiger charge is -2.43. The first-order valence-corrected chi connectivity index (χ1v) is 15.9. The van der Waals surface area contributed by atoms with Gasteiger partial charge in [0.2, 0.25) is 11.8 Å². The molecule has 2 aromatic rings. The molecule has 0 radical (unpaired) electrons. The van der Waals surface area contributed by atoms with Gasteiger partial charge in [-0.3, -0.25) is 24.3 Å². The van der Waals surface area contributed by atoms with Gasteiger partial charge < -0.3 is 19.9 Å². The summed E-state index contributed by atoms with van der Waals surface area (Å²) in [6, 6.07) is 9.75. The Morgan fingerprint density at radius 1 is 1.13 bits per heavy atom. The Kier molecular flexibility index (Phi) is 10.5. The normalized spacial score (nSPS) is 23.4. The molecule has 4 atom stereocenters. The average Bonchev–Trinajstić information content (AvgIpc) is 3.25. The Morgan fingerprint density at radius 3 is 2.67 bits per heavy atom. The molecule has 11 heteroatoms. The monoisotopic (exact) mass is 618 g/mol. The summed E-state index contributed by atoms with van der Waals surface area (Å²) in [5.41, 5.74) is 4.24. The highest BCUT2D eigenvalue weighted by atomic mass is 19.1. The highest BCUT2D eigenvalue weighted by Gasteiger charge is 2.56. The second kappa shape index (κ2) is 14.5. The molecule has 0 bridgehead atoms. The van der Waals surface area contributed by atoms with Crippen LogP contribution in [0.4, 0.5) is 4.39 Å². The van der Waals surface area contributed by atoms with E-state index in [-0.39, 0.29) is 37.0 Å². The Bertz CT molecular complexity index is 1480. The maximum atomic E-state index is 14.2. The van der Waals surface area contributed by atoms with E-state index < -0.39 is 42.6 Å². The van der Waals surface area contributed by atoms with E-state index >= 15 is 0 Å². The van der Waals surface area contributed by atoms with E-state index in [4.69, 9.17) is 9.76 Å². The highest BCUT2D eigenvalue weighted by Crippen LogP contribution is 2.51. The molecule has 9 nitrogen and oxygen atoms in total. The minimum Gasteiger partial charge on any atom is -0.505 e. The van der Waals surface area contributed by atoms with Crippen molar-refractivity contribution in [1.82, 2.24) is 9.88 Å². The molecule has 238 valence electrons. The van der Waals surface area contributed by atoms with Gasteiger partial charge in [-0.05, 0) is 97.8 Å². The van der Waals surface area contributed by atoms with Crippen LogP contribution in [0.25, 0.3) is 11.6 Å². The molecule has 0 saturated carbocycles. The number of aliphatic carboxylic acids is 1. The van der Waals surface area contributed by atoms with Gasteiger partial charge in [0.15, 0.2) is 11.6 Å². The predicted molar refractivity (Wildman–Crippen MR) is 167 cm³/mol. The maximum Gasteiger partial charge on any atom is 0.455 e. The third kappa shape index (κ3) is 7.36. The average molecular weight is 619 g/mol. The predicted octanol–water partition coefficient (Wildman–Crippen LogP) is 5.49. The maximum absolute atomic E-state index is 14.2. The number of imide groups is 1. The van der Waals surface area contributed by atoms with Crippen molar-refractivity contribution in [2.24, 2.45) is 17.8 Å². The van der Waals surface area contributed by atoms with Crippen LogP contribution in [0, 0.1) is 23.6 Å². The Hall–Kier alpha value is -3.83. The van der Waals surface area contributed by atoms with Gasteiger partial charge in [0.1, 0.15) is 0 Å². The molecule has 2 aliphatic heterocycles. The summed E-state index contributed by atoms with van der Waals surface area (Å²) in [5, 5.41) is 29.4. The molecule has 2 fully saturated rings. The molecular weight excluding hydrogens is 578 g/mol. The number of fused-ring (bicyclic) bond motifs is 3. The quantitative estimate of drug-likeness (QED) is 0.116. The fourth-order valence-corrected chi connectivity index (χ4v) is 7.24. The van der Waals surface area contributed by atoms with Crippen LogP contribution in [0.1, 0.15) is 76.0 Å². The highest BCUT2D eigenvalue weighted by molar-refractivity contribution is 6.43. The van der Waals surface area contributed by atoms with E-state index in [1.54, 1.807) is 12.3 Å². The van der Waals surface area contributed by atoms with Crippen molar-refractivity contribution in [3.05, 3.63) is 70.8 Å². The fraction of sp³-hybridized carbons (Fsp3) is 0.471. The molecule has 45 heavy (non-hydrogen) atoms. The van der Waals surface area contributed by atoms with Gasteiger partial charge >= 0.3 is 13.1 Å². The van der Waals surface area contributed by atoms with Crippen molar-refractivity contribution in [1.29, 1.82) is 0 Å². The van der Waals surface area contributed by atoms with Crippen LogP contribution >= 0.6 is 0 Å². The van der Waals surface area contributed by atoms with Crippen molar-refractivity contribution in [3.63, 3.8) is 0 Å². The molecule has 3 N–H and O–H groups in total. The van der Waals surface area contributed by atoms with Gasteiger partial charge in [-0.25, -0.2) is 4.39 Å². The number of phenolic OH excluding ortho intramolecular Hbond substituents is 1. The number of rotatable bonds is 13. The first-order valence-electron chi connectivity index (χ1n) is 15.9. The van der Waals surface area contributed by atoms with Crippen LogP contribution in [-0.4, -0.2) is 62.7 Å². The lowest BCUT2D eigenvalue weighted by molar-refractivity contribution is -0.141. The van der Waals surface area contributed by atoms with Gasteiger partial charge in [0.05, 0.1) is 23.6 Å². The Balaban J connectivity index is 1.39. The van der Waals surface area contributed by atoms with E-state index in [2.05, 4.69) is 11.9 Å². The molecule has 5 rings (SSSR count). The first-order chi connectivity index (χ1) is 21.7. The lowest BCUT2D eigenvalue weighted by atomic mass is 9.58. The zero-order valence-electron chi connectivity index (χ0n) is 25.5. The topological polar surface area (TPSA) is 137 Å². The van der Waals surface area contributed by atoms with Crippen LogP contribution in [0.3, 0.4) is 0 Å². The molecule has 2 amide bonds. The summed E-state index contributed by atoms with van der Waals surface area (Å²) in [6.45, 7) is 2.35. The van der Waals surface area contributed by atoms with E-state index in [0.717, 1.165) is 29.6 Å². The summed E-state index contributed by atoms with van der Waals surface area (Å²) in [6.07, 6.45) is 8.06.